The van der Waals surface area contributed by atoms with Crippen molar-refractivity contribution in [3.05, 3.63) is 22.8 Å². The van der Waals surface area contributed by atoms with Crippen LogP contribution in [0.2, 0.25) is 0 Å². The molecule has 0 aromatic heterocycles. The average molecular weight is 277 g/mol. The average Bonchev–Trinajstić information content (AvgIpc) is 2.71. The lowest BCUT2D eigenvalue weighted by atomic mass is 9.87. The third-order valence-corrected chi connectivity index (χ3v) is 4.44. The van der Waals surface area contributed by atoms with Crippen LogP contribution in [0.3, 0.4) is 0 Å². The molecule has 0 saturated heterocycles. The highest BCUT2D eigenvalue weighted by Crippen LogP contribution is 2.39. The molecule has 0 saturated carbocycles. The molecule has 0 amide bonds. The third-order valence-electron chi connectivity index (χ3n) is 4.44. The van der Waals surface area contributed by atoms with Gasteiger partial charge in [-0.2, -0.15) is 0 Å². The fourth-order valence-electron chi connectivity index (χ4n) is 3.43. The first-order valence-corrected chi connectivity index (χ1v) is 8.49. The Bertz CT molecular complexity index is 368. The van der Waals surface area contributed by atoms with E-state index in [1.807, 2.05) is 0 Å². The highest BCUT2D eigenvalue weighted by molar-refractivity contribution is 5.42. The molecule has 2 atom stereocenters. The molecule has 2 N–H and O–H groups in total. The maximum atomic E-state index is 6.27. The van der Waals surface area contributed by atoms with E-state index in [2.05, 4.69) is 47.6 Å². The Balaban J connectivity index is 2.90. The number of hydrogen-bond acceptors (Lipinski definition) is 1. The van der Waals surface area contributed by atoms with Crippen molar-refractivity contribution in [1.29, 1.82) is 0 Å². The number of rotatable bonds is 8. The molecule has 116 valence electrons. The number of hydrogen-bond donors (Lipinski definition) is 1. The van der Waals surface area contributed by atoms with Crippen molar-refractivity contribution in [3.8, 4) is 0 Å². The molecule has 0 fully saturated rings. The molecule has 0 spiro atoms. The van der Waals surface area contributed by atoms with E-state index in [0.29, 0.717) is 5.92 Å². The number of nitrogens with two attached hydrogens (primary N) is 1. The number of allylic oxidation sites excluding steroid dienone is 3. The van der Waals surface area contributed by atoms with Crippen LogP contribution >= 0.6 is 0 Å². The third kappa shape index (κ3) is 5.09. The van der Waals surface area contributed by atoms with Crippen molar-refractivity contribution in [2.45, 2.75) is 85.6 Å². The minimum absolute atomic E-state index is 0.0935. The molecule has 0 heterocycles. The molecular weight excluding hydrogens is 242 g/mol. The molecule has 1 aliphatic rings. The van der Waals surface area contributed by atoms with Crippen LogP contribution in [0.25, 0.3) is 0 Å². The topological polar surface area (TPSA) is 26.0 Å². The van der Waals surface area contributed by atoms with Gasteiger partial charge >= 0.3 is 0 Å². The summed E-state index contributed by atoms with van der Waals surface area (Å²) in [6, 6.07) is 0. The quantitative estimate of drug-likeness (QED) is 0.613. The molecule has 1 aliphatic carbocycles. The molecule has 0 aliphatic heterocycles. The van der Waals surface area contributed by atoms with Crippen LogP contribution in [0.1, 0.15) is 80.1 Å². The predicted octanol–water partition coefficient (Wildman–Crippen LogP) is 5.61. The van der Waals surface area contributed by atoms with Crippen molar-refractivity contribution in [2.24, 2.45) is 17.6 Å². The van der Waals surface area contributed by atoms with Crippen LogP contribution in [-0.2, 0) is 0 Å². The summed E-state index contributed by atoms with van der Waals surface area (Å²) < 4.78 is 0. The minimum Gasteiger partial charge on any atom is -0.325 e. The fourth-order valence-corrected chi connectivity index (χ4v) is 3.43. The summed E-state index contributed by atoms with van der Waals surface area (Å²) >= 11 is 0. The summed E-state index contributed by atoms with van der Waals surface area (Å²) in [5, 5.41) is 0. The highest BCUT2D eigenvalue weighted by Gasteiger charge is 2.25. The van der Waals surface area contributed by atoms with E-state index in [-0.39, 0.29) is 5.54 Å². The van der Waals surface area contributed by atoms with Crippen molar-refractivity contribution >= 4 is 0 Å². The van der Waals surface area contributed by atoms with Crippen molar-refractivity contribution in [2.75, 3.05) is 0 Å². The Hall–Kier alpha value is -0.560. The molecule has 0 radical (unpaired) electrons. The second-order valence-corrected chi connectivity index (χ2v) is 7.50. The molecule has 20 heavy (non-hydrogen) atoms. The summed E-state index contributed by atoms with van der Waals surface area (Å²) in [5.41, 5.74) is 11.0. The van der Waals surface area contributed by atoms with Gasteiger partial charge in [-0.15, -0.1) is 0 Å². The zero-order valence-electron chi connectivity index (χ0n) is 14.6. The van der Waals surface area contributed by atoms with Gasteiger partial charge in [0, 0.05) is 5.54 Å². The zero-order chi connectivity index (χ0) is 15.3. The lowest BCUT2D eigenvalue weighted by Crippen LogP contribution is -2.32. The molecule has 1 nitrogen and oxygen atoms in total. The molecule has 1 rings (SSSR count). The van der Waals surface area contributed by atoms with Gasteiger partial charge in [-0.05, 0) is 56.9 Å². The second kappa shape index (κ2) is 7.45. The van der Waals surface area contributed by atoms with Crippen molar-refractivity contribution in [3.63, 3.8) is 0 Å². The standard InChI is InChI=1S/C19H35N/c1-7-9-14(3)16-11-17(13-19(5,6)20)18(12-16)15(4)10-8-2/h12,14-15H,7-11,13,20H2,1-6H3. The Kier molecular flexibility index (Phi) is 6.51. The van der Waals surface area contributed by atoms with Gasteiger partial charge in [-0.1, -0.05) is 57.8 Å². The Morgan fingerprint density at radius 3 is 2.15 bits per heavy atom. The summed E-state index contributed by atoms with van der Waals surface area (Å²) in [7, 11) is 0. The minimum atomic E-state index is -0.0935. The molecule has 0 aromatic rings. The van der Waals surface area contributed by atoms with E-state index in [9.17, 15) is 0 Å². The monoisotopic (exact) mass is 277 g/mol. The van der Waals surface area contributed by atoms with E-state index >= 15 is 0 Å². The van der Waals surface area contributed by atoms with Crippen LogP contribution in [0.15, 0.2) is 22.8 Å². The smallest absolute Gasteiger partial charge is 0.0135 e. The first-order chi connectivity index (χ1) is 9.28. The van der Waals surface area contributed by atoms with E-state index in [4.69, 9.17) is 5.73 Å². The summed E-state index contributed by atoms with van der Waals surface area (Å²) in [6.07, 6.45) is 9.85. The lowest BCUT2D eigenvalue weighted by molar-refractivity contribution is 0.499. The molecule has 1 heteroatoms. The summed E-state index contributed by atoms with van der Waals surface area (Å²) in [6.45, 7) is 13.6. The normalized spacial score (nSPS) is 19.2. The van der Waals surface area contributed by atoms with E-state index < -0.39 is 0 Å². The van der Waals surface area contributed by atoms with Crippen LogP contribution < -0.4 is 5.73 Å². The highest BCUT2D eigenvalue weighted by atomic mass is 14.7. The zero-order valence-corrected chi connectivity index (χ0v) is 14.6. The van der Waals surface area contributed by atoms with Crippen LogP contribution in [0.5, 0.6) is 0 Å². The first kappa shape index (κ1) is 17.5. The summed E-state index contributed by atoms with van der Waals surface area (Å²) in [5.74, 6) is 1.41. The van der Waals surface area contributed by atoms with Gasteiger partial charge in [0.05, 0.1) is 0 Å². The molecule has 0 aromatic carbocycles. The van der Waals surface area contributed by atoms with Crippen molar-refractivity contribution in [1.82, 2.24) is 0 Å². The molecular formula is C19H35N. The van der Waals surface area contributed by atoms with Gasteiger partial charge in [0.25, 0.3) is 0 Å². The second-order valence-electron chi connectivity index (χ2n) is 7.50. The Labute approximate surface area is 126 Å². The van der Waals surface area contributed by atoms with Gasteiger partial charge in [0.15, 0.2) is 0 Å². The van der Waals surface area contributed by atoms with E-state index in [0.717, 1.165) is 12.3 Å². The molecule has 2 unspecified atom stereocenters. The van der Waals surface area contributed by atoms with Gasteiger partial charge in [-0.3, -0.25) is 0 Å². The Morgan fingerprint density at radius 1 is 1.10 bits per heavy atom. The van der Waals surface area contributed by atoms with E-state index in [1.54, 1.807) is 16.7 Å². The van der Waals surface area contributed by atoms with E-state index in [1.165, 1.54) is 32.1 Å². The Morgan fingerprint density at radius 2 is 1.65 bits per heavy atom. The van der Waals surface area contributed by atoms with Crippen LogP contribution in [-0.4, -0.2) is 5.54 Å². The van der Waals surface area contributed by atoms with Gasteiger partial charge in [0.1, 0.15) is 0 Å². The van der Waals surface area contributed by atoms with Crippen LogP contribution in [0.4, 0.5) is 0 Å². The van der Waals surface area contributed by atoms with Gasteiger partial charge in [-0.25, -0.2) is 0 Å². The fraction of sp³-hybridized carbons (Fsp3) is 0.789. The van der Waals surface area contributed by atoms with Crippen LogP contribution in [0, 0.1) is 11.8 Å². The maximum Gasteiger partial charge on any atom is 0.0135 e. The van der Waals surface area contributed by atoms with Gasteiger partial charge in [0.2, 0.25) is 0 Å². The maximum absolute atomic E-state index is 6.27. The summed E-state index contributed by atoms with van der Waals surface area (Å²) in [4.78, 5) is 0. The van der Waals surface area contributed by atoms with Gasteiger partial charge < -0.3 is 5.73 Å². The van der Waals surface area contributed by atoms with Crippen molar-refractivity contribution < 1.29 is 0 Å². The largest absolute Gasteiger partial charge is 0.325 e. The molecule has 0 bridgehead atoms. The SMILES string of the molecule is CCCC(C)C1=CC(C(C)CCC)=C(CC(C)(C)N)C1. The first-order valence-electron chi connectivity index (χ1n) is 8.49. The lowest BCUT2D eigenvalue weighted by Gasteiger charge is -2.23. The predicted molar refractivity (Wildman–Crippen MR) is 90.8 cm³/mol.